The van der Waals surface area contributed by atoms with E-state index in [1.807, 2.05) is 48.5 Å². The molecule has 0 radical (unpaired) electrons. The predicted octanol–water partition coefficient (Wildman–Crippen LogP) is 12.1. The summed E-state index contributed by atoms with van der Waals surface area (Å²) >= 11 is 0. The van der Waals surface area contributed by atoms with Gasteiger partial charge in [0.15, 0.2) is 5.82 Å². The fraction of sp³-hybridized carbons (Fsp3) is 0. The molecule has 0 atom stereocenters. The van der Waals surface area contributed by atoms with E-state index in [0.29, 0.717) is 5.82 Å². The van der Waals surface area contributed by atoms with Crippen molar-refractivity contribution in [3.05, 3.63) is 176 Å². The van der Waals surface area contributed by atoms with Crippen LogP contribution in [0.4, 0.5) is 0 Å². The van der Waals surface area contributed by atoms with Gasteiger partial charge >= 0.3 is 0 Å². The maximum absolute atomic E-state index is 6.46. The molecule has 0 aliphatic rings. The Morgan fingerprint density at radius 3 is 1.72 bits per heavy atom. The Kier molecular flexibility index (Phi) is 6.46. The molecule has 0 N–H and O–H groups in total. The van der Waals surface area contributed by atoms with E-state index in [9.17, 15) is 0 Å². The SMILES string of the molecule is c1ccc(-c2cc(-c3ccccc3)nc(-c3cccc4oc5ccc(-c6ccc7c(c6)c6ccccc6n7-c6ccccc6)cc5c34)n2)cc1. The summed E-state index contributed by atoms with van der Waals surface area (Å²) < 4.78 is 8.80. The molecule has 0 aliphatic carbocycles. The Labute approximate surface area is 288 Å². The molecule has 4 heteroatoms. The summed E-state index contributed by atoms with van der Waals surface area (Å²) in [6.07, 6.45) is 0. The van der Waals surface area contributed by atoms with Gasteiger partial charge < -0.3 is 8.98 Å². The molecule has 0 saturated heterocycles. The van der Waals surface area contributed by atoms with Gasteiger partial charge in [-0.15, -0.1) is 0 Å². The van der Waals surface area contributed by atoms with E-state index in [1.54, 1.807) is 0 Å². The predicted molar refractivity (Wildman–Crippen MR) is 205 cm³/mol. The third-order valence-electron chi connectivity index (χ3n) is 9.62. The van der Waals surface area contributed by atoms with Crippen molar-refractivity contribution in [1.82, 2.24) is 14.5 Å². The van der Waals surface area contributed by atoms with Crippen LogP contribution in [0.15, 0.2) is 180 Å². The Balaban J connectivity index is 1.16. The molecule has 0 spiro atoms. The number of fused-ring (bicyclic) bond motifs is 6. The zero-order valence-electron chi connectivity index (χ0n) is 27.0. The number of furan rings is 1. The lowest BCUT2D eigenvalue weighted by molar-refractivity contribution is 0.669. The van der Waals surface area contributed by atoms with Crippen molar-refractivity contribution in [2.75, 3.05) is 0 Å². The summed E-state index contributed by atoms with van der Waals surface area (Å²) in [7, 11) is 0. The van der Waals surface area contributed by atoms with Crippen LogP contribution < -0.4 is 0 Å². The van der Waals surface area contributed by atoms with Crippen LogP contribution in [0.5, 0.6) is 0 Å². The van der Waals surface area contributed by atoms with Crippen LogP contribution in [0.2, 0.25) is 0 Å². The van der Waals surface area contributed by atoms with Gasteiger partial charge in [-0.2, -0.15) is 0 Å². The molecule has 0 amide bonds. The zero-order valence-corrected chi connectivity index (χ0v) is 27.0. The second kappa shape index (κ2) is 11.4. The lowest BCUT2D eigenvalue weighted by Crippen LogP contribution is -1.96. The molecule has 7 aromatic carbocycles. The van der Waals surface area contributed by atoms with Crippen LogP contribution in [-0.4, -0.2) is 14.5 Å². The lowest BCUT2D eigenvalue weighted by atomic mass is 9.99. The van der Waals surface area contributed by atoms with Crippen LogP contribution in [0, 0.1) is 0 Å². The first-order valence-corrected chi connectivity index (χ1v) is 16.8. The summed E-state index contributed by atoms with van der Waals surface area (Å²) in [6, 6.07) is 61.3. The van der Waals surface area contributed by atoms with Gasteiger partial charge in [-0.25, -0.2) is 9.97 Å². The molecule has 0 bridgehead atoms. The zero-order chi connectivity index (χ0) is 33.0. The van der Waals surface area contributed by atoms with Gasteiger partial charge in [-0.1, -0.05) is 121 Å². The van der Waals surface area contributed by atoms with E-state index in [4.69, 9.17) is 14.4 Å². The minimum absolute atomic E-state index is 0.666. The molecule has 50 heavy (non-hydrogen) atoms. The van der Waals surface area contributed by atoms with Crippen molar-refractivity contribution in [2.45, 2.75) is 0 Å². The van der Waals surface area contributed by atoms with E-state index < -0.39 is 0 Å². The Morgan fingerprint density at radius 2 is 1.00 bits per heavy atom. The van der Waals surface area contributed by atoms with Crippen molar-refractivity contribution < 1.29 is 4.42 Å². The fourth-order valence-electron chi connectivity index (χ4n) is 7.28. The molecule has 10 aromatic rings. The topological polar surface area (TPSA) is 43.9 Å². The van der Waals surface area contributed by atoms with Gasteiger partial charge in [0.2, 0.25) is 0 Å². The first kappa shape index (κ1) is 28.3. The summed E-state index contributed by atoms with van der Waals surface area (Å²) in [5.74, 6) is 0.666. The highest BCUT2D eigenvalue weighted by Gasteiger charge is 2.18. The molecule has 4 nitrogen and oxygen atoms in total. The van der Waals surface area contributed by atoms with Crippen LogP contribution in [-0.2, 0) is 0 Å². The number of nitrogens with zero attached hydrogens (tertiary/aromatic N) is 3. The number of benzene rings is 7. The van der Waals surface area contributed by atoms with Gasteiger partial charge in [-0.3, -0.25) is 0 Å². The van der Waals surface area contributed by atoms with E-state index in [2.05, 4.69) is 132 Å². The smallest absolute Gasteiger partial charge is 0.161 e. The highest BCUT2D eigenvalue weighted by atomic mass is 16.3. The van der Waals surface area contributed by atoms with Crippen LogP contribution in [0.25, 0.3) is 94.5 Å². The quantitative estimate of drug-likeness (QED) is 0.188. The van der Waals surface area contributed by atoms with Crippen molar-refractivity contribution in [2.24, 2.45) is 0 Å². The van der Waals surface area contributed by atoms with Gasteiger partial charge in [0.05, 0.1) is 22.4 Å². The van der Waals surface area contributed by atoms with Crippen LogP contribution >= 0.6 is 0 Å². The van der Waals surface area contributed by atoms with Crippen molar-refractivity contribution >= 4 is 43.7 Å². The van der Waals surface area contributed by atoms with Gasteiger partial charge in [0.25, 0.3) is 0 Å². The maximum atomic E-state index is 6.46. The van der Waals surface area contributed by atoms with Gasteiger partial charge in [0.1, 0.15) is 11.2 Å². The van der Waals surface area contributed by atoms with Crippen LogP contribution in [0.1, 0.15) is 0 Å². The van der Waals surface area contributed by atoms with Crippen LogP contribution in [0.3, 0.4) is 0 Å². The normalized spacial score (nSPS) is 11.6. The fourth-order valence-corrected chi connectivity index (χ4v) is 7.28. The molecule has 3 aromatic heterocycles. The van der Waals surface area contributed by atoms with E-state index >= 15 is 0 Å². The summed E-state index contributed by atoms with van der Waals surface area (Å²) in [5.41, 5.74) is 12.2. The maximum Gasteiger partial charge on any atom is 0.161 e. The molecule has 3 heterocycles. The lowest BCUT2D eigenvalue weighted by Gasteiger charge is -2.10. The average molecular weight is 640 g/mol. The minimum Gasteiger partial charge on any atom is -0.456 e. The highest BCUT2D eigenvalue weighted by molar-refractivity contribution is 6.14. The number of rotatable bonds is 5. The Morgan fingerprint density at radius 1 is 0.400 bits per heavy atom. The third-order valence-corrected chi connectivity index (χ3v) is 9.62. The number of para-hydroxylation sites is 2. The summed E-state index contributed by atoms with van der Waals surface area (Å²) in [6.45, 7) is 0. The monoisotopic (exact) mass is 639 g/mol. The first-order valence-electron chi connectivity index (χ1n) is 16.8. The highest BCUT2D eigenvalue weighted by Crippen LogP contribution is 2.40. The standard InChI is InChI=1S/C46H29N3O/c1-4-13-30(14-5-1)39-29-40(31-15-6-2-7-16-31)48-46(47-39)36-20-12-22-44-45(36)38-28-33(24-26-43(38)50-44)32-23-25-42-37(27-32)35-19-10-11-21-41(35)49(42)34-17-8-3-9-18-34/h1-29H. The third kappa shape index (κ3) is 4.61. The molecule has 0 aliphatic heterocycles. The Bertz CT molecular complexity index is 2800. The van der Waals surface area contributed by atoms with E-state index in [1.165, 1.54) is 21.8 Å². The van der Waals surface area contributed by atoms with Crippen molar-refractivity contribution in [3.8, 4) is 50.7 Å². The minimum atomic E-state index is 0.666. The average Bonchev–Trinajstić information content (AvgIpc) is 3.74. The summed E-state index contributed by atoms with van der Waals surface area (Å²) in [5, 5.41) is 4.50. The number of aromatic nitrogens is 3. The molecular weight excluding hydrogens is 611 g/mol. The molecular formula is C46H29N3O. The van der Waals surface area contributed by atoms with Gasteiger partial charge in [0, 0.05) is 43.9 Å². The molecule has 0 unspecified atom stereocenters. The molecule has 10 rings (SSSR count). The molecule has 0 saturated carbocycles. The van der Waals surface area contributed by atoms with Crippen molar-refractivity contribution in [3.63, 3.8) is 0 Å². The molecule has 234 valence electrons. The van der Waals surface area contributed by atoms with E-state index in [-0.39, 0.29) is 0 Å². The number of hydrogen-bond acceptors (Lipinski definition) is 3. The van der Waals surface area contributed by atoms with E-state index in [0.717, 1.165) is 66.8 Å². The molecule has 0 fully saturated rings. The second-order valence-electron chi connectivity index (χ2n) is 12.6. The summed E-state index contributed by atoms with van der Waals surface area (Å²) in [4.78, 5) is 10.3. The number of hydrogen-bond donors (Lipinski definition) is 0. The second-order valence-corrected chi connectivity index (χ2v) is 12.6. The Hall–Kier alpha value is -6.78. The van der Waals surface area contributed by atoms with Crippen molar-refractivity contribution in [1.29, 1.82) is 0 Å². The largest absolute Gasteiger partial charge is 0.456 e. The first-order chi connectivity index (χ1) is 24.8. The van der Waals surface area contributed by atoms with Gasteiger partial charge in [-0.05, 0) is 65.7 Å².